The normalized spacial score (nSPS) is 10.4. The molecule has 8 nitrogen and oxygen atoms in total. The van der Waals surface area contributed by atoms with E-state index in [1.807, 2.05) is 32.0 Å². The van der Waals surface area contributed by atoms with Gasteiger partial charge in [-0.1, -0.05) is 0 Å². The standard InChI is InChI=1S/C20H18N4O4S/c1-13-11-14(2)22-20(21-13)29-18-9-3-15(4-10-18)23-19(25)12-28-17-7-5-16(6-8-17)24(26)27/h3-11H,12H2,1-2H3,(H,23,25). The average molecular weight is 410 g/mol. The molecule has 1 N–H and O–H groups in total. The lowest BCUT2D eigenvalue weighted by Gasteiger charge is -2.08. The molecule has 0 bridgehead atoms. The van der Waals surface area contributed by atoms with Gasteiger partial charge in [-0.2, -0.15) is 0 Å². The maximum Gasteiger partial charge on any atom is 0.269 e. The molecule has 0 atom stereocenters. The molecule has 29 heavy (non-hydrogen) atoms. The molecule has 0 saturated carbocycles. The fraction of sp³-hybridized carbons (Fsp3) is 0.150. The number of rotatable bonds is 7. The van der Waals surface area contributed by atoms with Crippen molar-refractivity contribution in [3.8, 4) is 5.75 Å². The van der Waals surface area contributed by atoms with Crippen molar-refractivity contribution in [1.82, 2.24) is 9.97 Å². The first-order valence-electron chi connectivity index (χ1n) is 8.66. The lowest BCUT2D eigenvalue weighted by molar-refractivity contribution is -0.384. The first-order valence-corrected chi connectivity index (χ1v) is 9.48. The van der Waals surface area contributed by atoms with Gasteiger partial charge in [-0.15, -0.1) is 0 Å². The van der Waals surface area contributed by atoms with Crippen molar-refractivity contribution >= 4 is 29.0 Å². The predicted octanol–water partition coefficient (Wildman–Crippen LogP) is 4.17. The Kier molecular flexibility index (Phi) is 6.40. The summed E-state index contributed by atoms with van der Waals surface area (Å²) in [4.78, 5) is 31.9. The van der Waals surface area contributed by atoms with Crippen molar-refractivity contribution in [2.45, 2.75) is 23.9 Å². The number of aromatic nitrogens is 2. The summed E-state index contributed by atoms with van der Waals surface area (Å²) >= 11 is 1.45. The summed E-state index contributed by atoms with van der Waals surface area (Å²) in [5.41, 5.74) is 2.42. The third-order valence-electron chi connectivity index (χ3n) is 3.73. The number of ether oxygens (including phenoxy) is 1. The van der Waals surface area contributed by atoms with Gasteiger partial charge in [-0.05, 0) is 68.1 Å². The van der Waals surface area contributed by atoms with Crippen LogP contribution in [-0.4, -0.2) is 27.4 Å². The third kappa shape index (κ3) is 6.01. The molecule has 0 radical (unpaired) electrons. The van der Waals surface area contributed by atoms with E-state index in [4.69, 9.17) is 4.74 Å². The fourth-order valence-corrected chi connectivity index (χ4v) is 3.32. The number of aryl methyl sites for hydroxylation is 2. The van der Waals surface area contributed by atoms with Gasteiger partial charge < -0.3 is 10.1 Å². The number of nitrogens with one attached hydrogen (secondary N) is 1. The van der Waals surface area contributed by atoms with Gasteiger partial charge in [0.15, 0.2) is 11.8 Å². The van der Waals surface area contributed by atoms with E-state index in [1.165, 1.54) is 36.0 Å². The van der Waals surface area contributed by atoms with Crippen molar-refractivity contribution < 1.29 is 14.5 Å². The lowest BCUT2D eigenvalue weighted by atomic mass is 10.3. The summed E-state index contributed by atoms with van der Waals surface area (Å²) in [6.07, 6.45) is 0. The van der Waals surface area contributed by atoms with E-state index < -0.39 is 4.92 Å². The zero-order chi connectivity index (χ0) is 20.8. The number of hydrogen-bond acceptors (Lipinski definition) is 7. The molecule has 0 fully saturated rings. The summed E-state index contributed by atoms with van der Waals surface area (Å²) in [6.45, 7) is 3.65. The molecule has 1 aromatic heterocycles. The van der Waals surface area contributed by atoms with Crippen LogP contribution in [0.15, 0.2) is 64.6 Å². The average Bonchev–Trinajstić information content (AvgIpc) is 2.67. The fourth-order valence-electron chi connectivity index (χ4n) is 2.46. The van der Waals surface area contributed by atoms with Crippen LogP contribution in [0.1, 0.15) is 11.4 Å². The molecular weight excluding hydrogens is 392 g/mol. The Morgan fingerprint density at radius 3 is 2.28 bits per heavy atom. The number of carbonyl (C=O) groups is 1. The second-order valence-corrected chi connectivity index (χ2v) is 7.19. The molecule has 2 aromatic carbocycles. The van der Waals surface area contributed by atoms with Gasteiger partial charge in [0.2, 0.25) is 0 Å². The maximum absolute atomic E-state index is 12.0. The Bertz CT molecular complexity index is 1000. The molecule has 0 aliphatic carbocycles. The molecule has 1 heterocycles. The van der Waals surface area contributed by atoms with Gasteiger partial charge in [0, 0.05) is 34.1 Å². The number of nitrogens with zero attached hydrogens (tertiary/aromatic N) is 3. The molecular formula is C20H18N4O4S. The van der Waals surface area contributed by atoms with Crippen LogP contribution in [0, 0.1) is 24.0 Å². The summed E-state index contributed by atoms with van der Waals surface area (Å²) in [7, 11) is 0. The quantitative estimate of drug-likeness (QED) is 0.354. The van der Waals surface area contributed by atoms with E-state index in [-0.39, 0.29) is 18.2 Å². The highest BCUT2D eigenvalue weighted by atomic mass is 32.2. The minimum absolute atomic E-state index is 0.0361. The predicted molar refractivity (Wildman–Crippen MR) is 109 cm³/mol. The van der Waals surface area contributed by atoms with Crippen molar-refractivity contribution in [1.29, 1.82) is 0 Å². The molecule has 3 aromatic rings. The molecule has 148 valence electrons. The Balaban J connectivity index is 1.52. The summed E-state index contributed by atoms with van der Waals surface area (Å²) < 4.78 is 5.34. The summed E-state index contributed by atoms with van der Waals surface area (Å²) in [6, 6.07) is 14.8. The molecule has 0 aliphatic heterocycles. The van der Waals surface area contributed by atoms with Gasteiger partial charge in [0.1, 0.15) is 5.75 Å². The lowest BCUT2D eigenvalue weighted by Crippen LogP contribution is -2.20. The van der Waals surface area contributed by atoms with Gasteiger partial charge in [0.05, 0.1) is 4.92 Å². The maximum atomic E-state index is 12.0. The largest absolute Gasteiger partial charge is 0.484 e. The van der Waals surface area contributed by atoms with Crippen LogP contribution in [0.3, 0.4) is 0 Å². The topological polar surface area (TPSA) is 107 Å². The number of nitro benzene ring substituents is 1. The van der Waals surface area contributed by atoms with Gasteiger partial charge in [-0.3, -0.25) is 14.9 Å². The van der Waals surface area contributed by atoms with Crippen molar-refractivity contribution in [2.75, 3.05) is 11.9 Å². The summed E-state index contributed by atoms with van der Waals surface area (Å²) in [5.74, 6) is 0.0485. The number of anilines is 1. The number of nitro groups is 1. The highest BCUT2D eigenvalue weighted by Gasteiger charge is 2.08. The molecule has 9 heteroatoms. The van der Waals surface area contributed by atoms with Crippen molar-refractivity contribution in [3.63, 3.8) is 0 Å². The third-order valence-corrected chi connectivity index (χ3v) is 4.60. The summed E-state index contributed by atoms with van der Waals surface area (Å²) in [5, 5.41) is 14.0. The zero-order valence-electron chi connectivity index (χ0n) is 15.8. The van der Waals surface area contributed by atoms with Gasteiger partial charge in [0.25, 0.3) is 11.6 Å². The van der Waals surface area contributed by atoms with Crippen LogP contribution in [0.5, 0.6) is 5.75 Å². The SMILES string of the molecule is Cc1cc(C)nc(Sc2ccc(NC(=O)COc3ccc([N+](=O)[O-])cc3)cc2)n1. The monoisotopic (exact) mass is 410 g/mol. The highest BCUT2D eigenvalue weighted by molar-refractivity contribution is 7.99. The Morgan fingerprint density at radius 2 is 1.69 bits per heavy atom. The number of amides is 1. The van der Waals surface area contributed by atoms with Crippen LogP contribution in [0.4, 0.5) is 11.4 Å². The van der Waals surface area contributed by atoms with Crippen LogP contribution >= 0.6 is 11.8 Å². The molecule has 3 rings (SSSR count). The van der Waals surface area contributed by atoms with E-state index in [2.05, 4.69) is 15.3 Å². The van der Waals surface area contributed by atoms with Crippen LogP contribution < -0.4 is 10.1 Å². The molecule has 0 aliphatic rings. The first kappa shape index (κ1) is 20.3. The Hall–Kier alpha value is -3.46. The minimum Gasteiger partial charge on any atom is -0.484 e. The van der Waals surface area contributed by atoms with E-state index in [0.717, 1.165) is 16.3 Å². The second kappa shape index (κ2) is 9.16. The van der Waals surface area contributed by atoms with E-state index in [9.17, 15) is 14.9 Å². The zero-order valence-corrected chi connectivity index (χ0v) is 16.6. The van der Waals surface area contributed by atoms with Crippen molar-refractivity contribution in [3.05, 3.63) is 76.1 Å². The second-order valence-electron chi connectivity index (χ2n) is 6.15. The van der Waals surface area contributed by atoms with E-state index in [0.29, 0.717) is 16.6 Å². The number of carbonyl (C=O) groups excluding carboxylic acids is 1. The Labute approximate surface area is 171 Å². The smallest absolute Gasteiger partial charge is 0.269 e. The Morgan fingerprint density at radius 1 is 1.07 bits per heavy atom. The van der Waals surface area contributed by atoms with Gasteiger partial charge >= 0.3 is 0 Å². The highest BCUT2D eigenvalue weighted by Crippen LogP contribution is 2.26. The number of benzene rings is 2. The van der Waals surface area contributed by atoms with Crippen LogP contribution in [0.2, 0.25) is 0 Å². The molecule has 1 amide bonds. The minimum atomic E-state index is -0.495. The first-order chi connectivity index (χ1) is 13.9. The molecule has 0 unspecified atom stereocenters. The van der Waals surface area contributed by atoms with Gasteiger partial charge in [-0.25, -0.2) is 9.97 Å². The van der Waals surface area contributed by atoms with E-state index >= 15 is 0 Å². The number of non-ortho nitro benzene ring substituents is 1. The van der Waals surface area contributed by atoms with Crippen LogP contribution in [0.25, 0.3) is 0 Å². The molecule has 0 saturated heterocycles. The number of hydrogen-bond donors (Lipinski definition) is 1. The van der Waals surface area contributed by atoms with Crippen molar-refractivity contribution in [2.24, 2.45) is 0 Å². The van der Waals surface area contributed by atoms with E-state index in [1.54, 1.807) is 12.1 Å². The molecule has 0 spiro atoms. The van der Waals surface area contributed by atoms with Crippen LogP contribution in [-0.2, 0) is 4.79 Å².